The van der Waals surface area contributed by atoms with E-state index in [4.69, 9.17) is 32.5 Å². The molecule has 1 rings (SSSR count). The van der Waals surface area contributed by atoms with Crippen molar-refractivity contribution in [2.24, 2.45) is 0 Å². The van der Waals surface area contributed by atoms with Crippen LogP contribution in [0.2, 0.25) is 5.02 Å². The Hall–Kier alpha value is 1.15. The van der Waals surface area contributed by atoms with E-state index in [1.54, 1.807) is 0 Å². The van der Waals surface area contributed by atoms with Gasteiger partial charge >= 0.3 is 51.4 Å². The standard InChI is InChI=1S/C8H8Cl2O4S.K.H/c9-3-4-14-7-2-1-6(10)5-8(7)15(11,12)13;;/h1-2,5H,3-4H2,(H,11,12,13);;/q;+1;-1. The molecule has 86 valence electrons. The van der Waals surface area contributed by atoms with Crippen LogP contribution in [-0.4, -0.2) is 25.5 Å². The fourth-order valence-corrected chi connectivity index (χ4v) is 1.92. The fraction of sp³-hybridized carbons (Fsp3) is 0.250. The van der Waals surface area contributed by atoms with E-state index in [1.165, 1.54) is 12.1 Å². The van der Waals surface area contributed by atoms with Crippen LogP contribution in [-0.2, 0) is 10.1 Å². The number of rotatable bonds is 4. The van der Waals surface area contributed by atoms with Crippen molar-refractivity contribution >= 4 is 33.3 Å². The Morgan fingerprint density at radius 1 is 1.44 bits per heavy atom. The summed E-state index contributed by atoms with van der Waals surface area (Å²) < 4.78 is 35.8. The Morgan fingerprint density at radius 3 is 2.56 bits per heavy atom. The van der Waals surface area contributed by atoms with Crippen LogP contribution in [0.25, 0.3) is 0 Å². The third kappa shape index (κ3) is 5.20. The van der Waals surface area contributed by atoms with Gasteiger partial charge < -0.3 is 6.16 Å². The van der Waals surface area contributed by atoms with E-state index in [0.717, 1.165) is 6.07 Å². The van der Waals surface area contributed by atoms with Crippen LogP contribution >= 0.6 is 23.2 Å². The average molecular weight is 311 g/mol. The minimum absolute atomic E-state index is 0. The molecule has 0 spiro atoms. The maximum Gasteiger partial charge on any atom is 1.00 e. The zero-order chi connectivity index (χ0) is 11.5. The van der Waals surface area contributed by atoms with E-state index in [1.807, 2.05) is 0 Å². The third-order valence-corrected chi connectivity index (χ3v) is 2.78. The van der Waals surface area contributed by atoms with Gasteiger partial charge in [0, 0.05) is 5.02 Å². The summed E-state index contributed by atoms with van der Waals surface area (Å²) in [5, 5.41) is 0.195. The summed E-state index contributed by atoms with van der Waals surface area (Å²) in [5.41, 5.74) is 0. The predicted molar refractivity (Wildman–Crippen MR) is 58.6 cm³/mol. The molecule has 0 aliphatic rings. The fourth-order valence-electron chi connectivity index (χ4n) is 0.951. The Kier molecular flexibility index (Phi) is 8.09. The minimum atomic E-state index is -4.34. The molecule has 4 nitrogen and oxygen atoms in total. The van der Waals surface area contributed by atoms with E-state index >= 15 is 0 Å². The molecule has 0 aromatic heterocycles. The van der Waals surface area contributed by atoms with Gasteiger partial charge in [0.05, 0.1) is 5.88 Å². The summed E-state index contributed by atoms with van der Waals surface area (Å²) in [5.74, 6) is 0.246. The van der Waals surface area contributed by atoms with Gasteiger partial charge in [0.2, 0.25) is 0 Å². The maximum atomic E-state index is 11.0. The number of hydrogen-bond donors (Lipinski definition) is 1. The zero-order valence-electron chi connectivity index (χ0n) is 9.48. The molecule has 0 fully saturated rings. The first-order valence-electron chi connectivity index (χ1n) is 3.91. The molecule has 1 aromatic carbocycles. The van der Waals surface area contributed by atoms with E-state index < -0.39 is 10.1 Å². The number of alkyl halides is 1. The van der Waals surface area contributed by atoms with Crippen molar-refractivity contribution < 1.29 is 70.5 Å². The Balaban J connectivity index is 0. The average Bonchev–Trinajstić information content (AvgIpc) is 2.14. The van der Waals surface area contributed by atoms with E-state index in [9.17, 15) is 8.42 Å². The number of hydrogen-bond acceptors (Lipinski definition) is 3. The summed E-state index contributed by atoms with van der Waals surface area (Å²) in [6, 6.07) is 3.93. The smallest absolute Gasteiger partial charge is 1.00 e. The maximum absolute atomic E-state index is 11.0. The van der Waals surface area contributed by atoms with Crippen LogP contribution in [0, 0.1) is 0 Å². The third-order valence-electron chi connectivity index (χ3n) is 1.52. The second kappa shape index (κ2) is 7.55. The summed E-state index contributed by atoms with van der Waals surface area (Å²) >= 11 is 11.0. The Bertz CT molecular complexity index is 455. The molecule has 0 saturated heterocycles. The second-order valence-corrected chi connectivity index (χ2v) is 4.81. The van der Waals surface area contributed by atoms with Crippen molar-refractivity contribution in [1.29, 1.82) is 0 Å². The van der Waals surface area contributed by atoms with Crippen molar-refractivity contribution in [3.05, 3.63) is 23.2 Å². The summed E-state index contributed by atoms with van der Waals surface area (Å²) in [6.07, 6.45) is 0. The van der Waals surface area contributed by atoms with Gasteiger partial charge in [0.1, 0.15) is 17.3 Å². The Morgan fingerprint density at radius 2 is 2.06 bits per heavy atom. The van der Waals surface area contributed by atoms with Gasteiger partial charge in [-0.25, -0.2) is 0 Å². The molecule has 1 N–H and O–H groups in total. The summed E-state index contributed by atoms with van der Waals surface area (Å²) in [7, 11) is -4.34. The van der Waals surface area contributed by atoms with Gasteiger partial charge in [-0.2, -0.15) is 8.42 Å². The molecule has 16 heavy (non-hydrogen) atoms. The van der Waals surface area contributed by atoms with Crippen molar-refractivity contribution in [1.82, 2.24) is 0 Å². The summed E-state index contributed by atoms with van der Waals surface area (Å²) in [4.78, 5) is -0.361. The van der Waals surface area contributed by atoms with Gasteiger partial charge in [-0.05, 0) is 18.2 Å². The molecule has 0 aliphatic carbocycles. The molecule has 0 aliphatic heterocycles. The molecule has 0 heterocycles. The van der Waals surface area contributed by atoms with Gasteiger partial charge in [-0.15, -0.1) is 11.6 Å². The van der Waals surface area contributed by atoms with Crippen molar-refractivity contribution in [2.45, 2.75) is 4.90 Å². The van der Waals surface area contributed by atoms with Crippen LogP contribution in [0.5, 0.6) is 5.75 Å². The van der Waals surface area contributed by atoms with Crippen molar-refractivity contribution in [3.8, 4) is 5.75 Å². The molecule has 0 saturated carbocycles. The summed E-state index contributed by atoms with van der Waals surface area (Å²) in [6.45, 7) is 0.145. The molecule has 0 atom stereocenters. The molecule has 0 bridgehead atoms. The number of benzene rings is 1. The molecular formula is C8H9Cl2KO4S. The van der Waals surface area contributed by atoms with Crippen LogP contribution < -0.4 is 56.1 Å². The van der Waals surface area contributed by atoms with Crippen LogP contribution in [0.4, 0.5) is 0 Å². The van der Waals surface area contributed by atoms with Crippen LogP contribution in [0.1, 0.15) is 1.43 Å². The van der Waals surface area contributed by atoms with Crippen molar-refractivity contribution in [2.75, 3.05) is 12.5 Å². The molecule has 0 unspecified atom stereocenters. The minimum Gasteiger partial charge on any atom is -1.00 e. The van der Waals surface area contributed by atoms with E-state index in [-0.39, 0.29) is 81.0 Å². The van der Waals surface area contributed by atoms with Gasteiger partial charge in [-0.1, -0.05) is 11.6 Å². The number of halogens is 2. The predicted octanol–water partition coefficient (Wildman–Crippen LogP) is -0.679. The Labute approximate surface area is 148 Å². The largest absolute Gasteiger partial charge is 1.00 e. The molecular weight excluding hydrogens is 302 g/mol. The molecule has 1 aromatic rings. The second-order valence-electron chi connectivity index (χ2n) is 2.60. The normalized spacial score (nSPS) is 10.7. The topological polar surface area (TPSA) is 63.6 Å². The zero-order valence-corrected chi connectivity index (χ0v) is 13.9. The van der Waals surface area contributed by atoms with Crippen molar-refractivity contribution in [3.63, 3.8) is 0 Å². The van der Waals surface area contributed by atoms with Gasteiger partial charge in [0.15, 0.2) is 0 Å². The van der Waals surface area contributed by atoms with Gasteiger partial charge in [0.25, 0.3) is 10.1 Å². The van der Waals surface area contributed by atoms with Crippen LogP contribution in [0.3, 0.4) is 0 Å². The van der Waals surface area contributed by atoms with Crippen LogP contribution in [0.15, 0.2) is 23.1 Å². The first-order chi connectivity index (χ1) is 6.95. The molecule has 0 amide bonds. The monoisotopic (exact) mass is 310 g/mol. The van der Waals surface area contributed by atoms with E-state index in [2.05, 4.69) is 0 Å². The molecule has 8 heteroatoms. The first-order valence-corrected chi connectivity index (χ1v) is 6.26. The quantitative estimate of drug-likeness (QED) is 0.455. The number of ether oxygens (including phenoxy) is 1. The van der Waals surface area contributed by atoms with Gasteiger partial charge in [-0.3, -0.25) is 4.55 Å². The van der Waals surface area contributed by atoms with E-state index in [0.29, 0.717) is 0 Å². The molecule has 0 radical (unpaired) electrons. The first kappa shape index (κ1) is 17.1. The SMILES string of the molecule is O=S(=O)(O)c1cc(Cl)ccc1OCCCl.[H-].[K+].